The highest BCUT2D eigenvalue weighted by Gasteiger charge is 2.26. The van der Waals surface area contributed by atoms with Crippen LogP contribution in [0, 0.1) is 5.92 Å². The molecule has 0 spiro atoms. The molecule has 1 N–H and O–H groups in total. The van der Waals surface area contributed by atoms with E-state index in [0.29, 0.717) is 5.69 Å². The molecular weight excluding hydrogens is 344 g/mol. The fourth-order valence-electron chi connectivity index (χ4n) is 2.37. The molecule has 8 heteroatoms. The van der Waals surface area contributed by atoms with Crippen LogP contribution in [0.25, 0.3) is 0 Å². The highest BCUT2D eigenvalue weighted by Crippen LogP contribution is 2.19. The Balaban J connectivity index is 1.83. The summed E-state index contributed by atoms with van der Waals surface area (Å²) in [5.74, 6) is -1.54. The molecule has 1 heterocycles. The maximum Gasteiger partial charge on any atom is 0.307 e. The Morgan fingerprint density at radius 1 is 1.28 bits per heavy atom. The fourth-order valence-corrected chi connectivity index (χ4v) is 3.77. The van der Waals surface area contributed by atoms with Crippen molar-refractivity contribution in [3.05, 3.63) is 35.7 Å². The predicted octanol–water partition coefficient (Wildman–Crippen LogP) is 1.57. The molecule has 2 rings (SSSR count). The van der Waals surface area contributed by atoms with Gasteiger partial charge in [-0.1, -0.05) is 6.08 Å². The smallest absolute Gasteiger partial charge is 0.307 e. The van der Waals surface area contributed by atoms with Crippen LogP contribution in [0.15, 0.2) is 35.7 Å². The van der Waals surface area contributed by atoms with Gasteiger partial charge in [-0.2, -0.15) is 0 Å². The topological polar surface area (TPSA) is 92.8 Å². The van der Waals surface area contributed by atoms with E-state index in [-0.39, 0.29) is 12.2 Å². The van der Waals surface area contributed by atoms with Gasteiger partial charge in [0, 0.05) is 36.8 Å². The van der Waals surface area contributed by atoms with Crippen LogP contribution in [0.4, 0.5) is 11.4 Å². The van der Waals surface area contributed by atoms with E-state index in [1.54, 1.807) is 12.1 Å². The van der Waals surface area contributed by atoms with Crippen molar-refractivity contribution in [3.8, 4) is 0 Å². The van der Waals surface area contributed by atoms with Gasteiger partial charge in [0.15, 0.2) is 15.9 Å². The lowest BCUT2D eigenvalue weighted by atomic mass is 10.1. The van der Waals surface area contributed by atoms with E-state index in [9.17, 15) is 18.0 Å². The van der Waals surface area contributed by atoms with E-state index in [0.717, 1.165) is 11.1 Å². The summed E-state index contributed by atoms with van der Waals surface area (Å²) in [5.41, 5.74) is 1.60. The number of carbonyl (C=O) groups excluding carboxylic acids is 2. The zero-order valence-electron chi connectivity index (χ0n) is 14.4. The Morgan fingerprint density at radius 2 is 1.92 bits per heavy atom. The number of esters is 1. The Morgan fingerprint density at radius 3 is 2.44 bits per heavy atom. The maximum absolute atomic E-state index is 12.1. The lowest BCUT2D eigenvalue weighted by Gasteiger charge is -2.16. The highest BCUT2D eigenvalue weighted by molar-refractivity contribution is 7.94. The van der Waals surface area contributed by atoms with E-state index in [2.05, 4.69) is 5.32 Å². The monoisotopic (exact) mass is 366 g/mol. The average molecular weight is 366 g/mol. The number of hydrogen-bond acceptors (Lipinski definition) is 6. The normalized spacial score (nSPS) is 19.2. The van der Waals surface area contributed by atoms with Crippen LogP contribution in [0.2, 0.25) is 0 Å². The van der Waals surface area contributed by atoms with Gasteiger partial charge in [0.2, 0.25) is 0 Å². The van der Waals surface area contributed by atoms with Gasteiger partial charge in [-0.25, -0.2) is 8.42 Å². The van der Waals surface area contributed by atoms with Gasteiger partial charge in [0.05, 0.1) is 12.2 Å². The molecule has 136 valence electrons. The molecule has 0 radical (unpaired) electrons. The average Bonchev–Trinajstić information content (AvgIpc) is 2.86. The predicted molar refractivity (Wildman–Crippen MR) is 96.0 cm³/mol. The molecule has 0 saturated carbocycles. The molecule has 2 atom stereocenters. The fraction of sp³-hybridized carbons (Fsp3) is 0.412. The molecule has 1 amide bonds. The summed E-state index contributed by atoms with van der Waals surface area (Å²) in [6.07, 6.45) is 0.446. The summed E-state index contributed by atoms with van der Waals surface area (Å²) in [4.78, 5) is 25.9. The van der Waals surface area contributed by atoms with Crippen molar-refractivity contribution in [1.82, 2.24) is 0 Å². The minimum Gasteiger partial charge on any atom is -0.453 e. The van der Waals surface area contributed by atoms with E-state index in [1.807, 2.05) is 31.1 Å². The number of benzene rings is 1. The summed E-state index contributed by atoms with van der Waals surface area (Å²) in [6, 6.07) is 7.24. The van der Waals surface area contributed by atoms with Crippen molar-refractivity contribution in [3.63, 3.8) is 0 Å². The Bertz CT molecular complexity index is 769. The van der Waals surface area contributed by atoms with Crippen LogP contribution in [-0.2, 0) is 24.2 Å². The van der Waals surface area contributed by atoms with Crippen LogP contribution >= 0.6 is 0 Å². The molecule has 0 aromatic heterocycles. The maximum atomic E-state index is 12.1. The molecule has 0 saturated heterocycles. The Kier molecular flexibility index (Phi) is 5.84. The van der Waals surface area contributed by atoms with Crippen LogP contribution in [0.3, 0.4) is 0 Å². The van der Waals surface area contributed by atoms with Gasteiger partial charge in [-0.3, -0.25) is 9.59 Å². The third-order valence-corrected chi connectivity index (χ3v) is 5.23. The largest absolute Gasteiger partial charge is 0.453 e. The Hall–Kier alpha value is -2.35. The lowest BCUT2D eigenvalue weighted by molar-refractivity contribution is -0.153. The molecule has 0 aliphatic carbocycles. The summed E-state index contributed by atoms with van der Waals surface area (Å²) in [6.45, 7) is 1.47. The lowest BCUT2D eigenvalue weighted by Crippen LogP contribution is -2.30. The Labute approximate surface area is 147 Å². The molecule has 0 bridgehead atoms. The van der Waals surface area contributed by atoms with E-state index < -0.39 is 33.7 Å². The first kappa shape index (κ1) is 19.0. The molecule has 7 nitrogen and oxygen atoms in total. The quantitative estimate of drug-likeness (QED) is 0.768. The molecular formula is C17H22N2O5S. The first-order chi connectivity index (χ1) is 11.7. The number of ether oxygens (including phenoxy) is 1. The van der Waals surface area contributed by atoms with Crippen LogP contribution in [-0.4, -0.2) is 46.2 Å². The zero-order valence-corrected chi connectivity index (χ0v) is 15.2. The number of allylic oxidation sites excluding steroid dienone is 1. The zero-order chi connectivity index (χ0) is 18.6. The van der Waals surface area contributed by atoms with Crippen LogP contribution in [0.1, 0.15) is 13.3 Å². The van der Waals surface area contributed by atoms with Gasteiger partial charge >= 0.3 is 5.97 Å². The number of hydrogen-bond donors (Lipinski definition) is 1. The number of amides is 1. The summed E-state index contributed by atoms with van der Waals surface area (Å²) in [5, 5.41) is 3.78. The summed E-state index contributed by atoms with van der Waals surface area (Å²) >= 11 is 0. The summed E-state index contributed by atoms with van der Waals surface area (Å²) < 4.78 is 27.7. The second-order valence-corrected chi connectivity index (χ2v) is 8.12. The number of anilines is 2. The van der Waals surface area contributed by atoms with Gasteiger partial charge in [-0.15, -0.1) is 0 Å². The molecule has 1 aromatic rings. The minimum atomic E-state index is -3.21. The SMILES string of the molecule is C[C@@H](OC(=O)C[C@@H]1C=CS(=O)(=O)C1)C(=O)Nc1ccc(N(C)C)cc1. The van der Waals surface area contributed by atoms with Gasteiger partial charge in [0.25, 0.3) is 5.91 Å². The highest BCUT2D eigenvalue weighted by atomic mass is 32.2. The van der Waals surface area contributed by atoms with Crippen molar-refractivity contribution in [2.24, 2.45) is 5.92 Å². The molecule has 1 aromatic carbocycles. The van der Waals surface area contributed by atoms with Crippen molar-refractivity contribution in [1.29, 1.82) is 0 Å². The van der Waals surface area contributed by atoms with Crippen molar-refractivity contribution in [2.45, 2.75) is 19.4 Å². The number of sulfone groups is 1. The standard InChI is InChI=1S/C17H22N2O5S/c1-12(24-16(20)10-13-8-9-25(22,23)11-13)17(21)18-14-4-6-15(7-5-14)19(2)3/h4-9,12-13H,10-11H2,1-3H3,(H,18,21)/t12-,13+/m1/s1. The summed E-state index contributed by atoms with van der Waals surface area (Å²) in [7, 11) is 0.626. The van der Waals surface area contributed by atoms with E-state index >= 15 is 0 Å². The first-order valence-electron chi connectivity index (χ1n) is 7.85. The van der Waals surface area contributed by atoms with Gasteiger partial charge in [-0.05, 0) is 31.2 Å². The number of nitrogens with one attached hydrogen (secondary N) is 1. The van der Waals surface area contributed by atoms with Crippen LogP contribution < -0.4 is 10.2 Å². The van der Waals surface area contributed by atoms with Crippen molar-refractivity contribution in [2.75, 3.05) is 30.1 Å². The molecule has 0 fully saturated rings. The van der Waals surface area contributed by atoms with Crippen LogP contribution in [0.5, 0.6) is 0 Å². The van der Waals surface area contributed by atoms with Gasteiger partial charge < -0.3 is 15.0 Å². The third-order valence-electron chi connectivity index (χ3n) is 3.76. The second-order valence-electron chi connectivity index (χ2n) is 6.18. The molecule has 1 aliphatic rings. The number of nitrogens with zero attached hydrogens (tertiary/aromatic N) is 1. The first-order valence-corrected chi connectivity index (χ1v) is 9.56. The number of carbonyl (C=O) groups is 2. The minimum absolute atomic E-state index is 0.0646. The van der Waals surface area contributed by atoms with Gasteiger partial charge in [0.1, 0.15) is 0 Å². The third kappa shape index (κ3) is 5.60. The number of rotatable bonds is 6. The van der Waals surface area contributed by atoms with E-state index in [1.165, 1.54) is 13.0 Å². The van der Waals surface area contributed by atoms with Crippen molar-refractivity contribution < 1.29 is 22.7 Å². The molecule has 25 heavy (non-hydrogen) atoms. The second kappa shape index (κ2) is 7.69. The van der Waals surface area contributed by atoms with Crippen molar-refractivity contribution >= 4 is 33.1 Å². The molecule has 0 unspecified atom stereocenters. The van der Waals surface area contributed by atoms with E-state index in [4.69, 9.17) is 4.74 Å². The molecule has 1 aliphatic heterocycles.